The Bertz CT molecular complexity index is 1520. The maximum absolute atomic E-state index is 11.8. The number of ether oxygens (including phenoxy) is 3. The van der Waals surface area contributed by atoms with Crippen LogP contribution in [0, 0.1) is 20.2 Å². The third kappa shape index (κ3) is 7.62. The van der Waals surface area contributed by atoms with Gasteiger partial charge in [0.1, 0.15) is 18.1 Å². The molecule has 0 aromatic heterocycles. The quantitative estimate of drug-likeness (QED) is 0.116. The molecule has 6 N–H and O–H groups in total. The van der Waals surface area contributed by atoms with Gasteiger partial charge in [0.05, 0.1) is 24.1 Å². The number of nitro benzene ring substituents is 2. The van der Waals surface area contributed by atoms with E-state index in [1.54, 1.807) is 36.4 Å². The molecule has 0 bridgehead atoms. The number of primary amides is 2. The van der Waals surface area contributed by atoms with Crippen LogP contribution in [-0.2, 0) is 6.61 Å². The highest BCUT2D eigenvalue weighted by atomic mass is 16.6. The van der Waals surface area contributed by atoms with Gasteiger partial charge < -0.3 is 36.3 Å². The van der Waals surface area contributed by atoms with Crippen molar-refractivity contribution in [1.82, 2.24) is 0 Å². The van der Waals surface area contributed by atoms with E-state index in [4.69, 9.17) is 25.7 Å². The van der Waals surface area contributed by atoms with E-state index in [9.17, 15) is 29.8 Å². The molecule has 2 amide bonds. The first-order chi connectivity index (χ1) is 20.0. The van der Waals surface area contributed by atoms with Gasteiger partial charge in [-0.25, -0.2) is 0 Å². The first-order valence-corrected chi connectivity index (χ1v) is 12.2. The standard InChI is InChI=1S/C27H28N6O9/c1-40-19-7-5-16(6-8-19)15-42-23-14-18(27(29)35)12-21(33(38)39)25(23)31-10-4-3-9-30-24-20(32(36)37)11-17(26(28)34)13-22(24)41-2/h3-8,11-14,30-31H,9-10,15H2,1-2H3,(H2,28,34)(H2,29,35)/b4-3+. The number of nitrogens with one attached hydrogen (secondary N) is 2. The number of hydrogen-bond donors (Lipinski definition) is 4. The lowest BCUT2D eigenvalue weighted by Gasteiger charge is -2.14. The average Bonchev–Trinajstić information content (AvgIpc) is 2.97. The Kier molecular flexibility index (Phi) is 10.2. The third-order valence-electron chi connectivity index (χ3n) is 5.86. The second-order valence-corrected chi connectivity index (χ2v) is 8.55. The van der Waals surface area contributed by atoms with Crippen LogP contribution < -0.4 is 36.3 Å². The monoisotopic (exact) mass is 580 g/mol. The maximum atomic E-state index is 11.8. The predicted octanol–water partition coefficient (Wildman–Crippen LogP) is 3.38. The smallest absolute Gasteiger partial charge is 0.296 e. The summed E-state index contributed by atoms with van der Waals surface area (Å²) in [6.07, 6.45) is 3.22. The Morgan fingerprint density at radius 3 is 1.69 bits per heavy atom. The van der Waals surface area contributed by atoms with Crippen LogP contribution in [0.15, 0.2) is 60.7 Å². The van der Waals surface area contributed by atoms with Crippen molar-refractivity contribution >= 4 is 34.6 Å². The van der Waals surface area contributed by atoms with Crippen molar-refractivity contribution in [3.63, 3.8) is 0 Å². The van der Waals surface area contributed by atoms with Crippen LogP contribution in [0.4, 0.5) is 22.7 Å². The summed E-state index contributed by atoms with van der Waals surface area (Å²) in [6.45, 7) is 0.211. The predicted molar refractivity (Wildman–Crippen MR) is 153 cm³/mol. The van der Waals surface area contributed by atoms with Gasteiger partial charge in [0.15, 0.2) is 17.1 Å². The molecule has 0 atom stereocenters. The largest absolute Gasteiger partial charge is 0.497 e. The molecule has 0 aliphatic rings. The SMILES string of the molecule is COc1ccc(COc2cc(C(N)=O)cc([N+](=O)[O-])c2NC/C=C/CNc2c(OC)cc(C(N)=O)cc2[N+](=O)[O-])cc1. The molecule has 0 spiro atoms. The van der Waals surface area contributed by atoms with Crippen LogP contribution in [0.25, 0.3) is 0 Å². The van der Waals surface area contributed by atoms with E-state index in [1.165, 1.54) is 26.4 Å². The summed E-state index contributed by atoms with van der Waals surface area (Å²) in [4.78, 5) is 45.3. The van der Waals surface area contributed by atoms with Crippen molar-refractivity contribution in [1.29, 1.82) is 0 Å². The van der Waals surface area contributed by atoms with Gasteiger partial charge in [-0.15, -0.1) is 0 Å². The highest BCUT2D eigenvalue weighted by molar-refractivity contribution is 5.96. The molecular weight excluding hydrogens is 552 g/mol. The Morgan fingerprint density at radius 1 is 0.786 bits per heavy atom. The van der Waals surface area contributed by atoms with Crippen LogP contribution in [-0.4, -0.2) is 49.0 Å². The Labute approximate surface area is 239 Å². The molecule has 3 aromatic rings. The van der Waals surface area contributed by atoms with Crippen molar-refractivity contribution in [3.8, 4) is 17.2 Å². The van der Waals surface area contributed by atoms with E-state index < -0.39 is 33.0 Å². The molecule has 0 saturated carbocycles. The van der Waals surface area contributed by atoms with Gasteiger partial charge in [0.25, 0.3) is 11.4 Å². The van der Waals surface area contributed by atoms with Crippen molar-refractivity contribution < 1.29 is 33.6 Å². The number of anilines is 2. The van der Waals surface area contributed by atoms with Crippen molar-refractivity contribution in [2.75, 3.05) is 37.9 Å². The molecule has 220 valence electrons. The van der Waals surface area contributed by atoms with Crippen LogP contribution in [0.3, 0.4) is 0 Å². The van der Waals surface area contributed by atoms with Gasteiger partial charge in [0.2, 0.25) is 11.8 Å². The molecule has 15 heteroatoms. The topological polar surface area (TPSA) is 224 Å². The van der Waals surface area contributed by atoms with E-state index in [0.717, 1.165) is 17.7 Å². The highest BCUT2D eigenvalue weighted by Gasteiger charge is 2.23. The molecule has 0 saturated heterocycles. The van der Waals surface area contributed by atoms with Gasteiger partial charge in [0, 0.05) is 36.3 Å². The van der Waals surface area contributed by atoms with Gasteiger partial charge in [-0.05, 0) is 29.8 Å². The average molecular weight is 581 g/mol. The molecule has 15 nitrogen and oxygen atoms in total. The molecule has 0 heterocycles. The molecule has 42 heavy (non-hydrogen) atoms. The molecule has 3 aromatic carbocycles. The Hall–Kier alpha value is -5.86. The highest BCUT2D eigenvalue weighted by Crippen LogP contribution is 2.37. The molecule has 0 fully saturated rings. The van der Waals surface area contributed by atoms with Crippen LogP contribution >= 0.6 is 0 Å². The number of methoxy groups -OCH3 is 2. The number of carbonyl (C=O) groups is 2. The fourth-order valence-corrected chi connectivity index (χ4v) is 3.78. The summed E-state index contributed by atoms with van der Waals surface area (Å²) in [6, 6.07) is 11.7. The summed E-state index contributed by atoms with van der Waals surface area (Å²) >= 11 is 0. The minimum Gasteiger partial charge on any atom is -0.497 e. The zero-order chi connectivity index (χ0) is 30.8. The number of hydrogen-bond acceptors (Lipinski definition) is 11. The molecule has 0 radical (unpaired) electrons. The lowest BCUT2D eigenvalue weighted by Crippen LogP contribution is -2.14. The summed E-state index contributed by atoms with van der Waals surface area (Å²) in [5, 5.41) is 29.1. The van der Waals surface area contributed by atoms with Gasteiger partial charge in [-0.2, -0.15) is 0 Å². The minimum atomic E-state index is -0.863. The Morgan fingerprint density at radius 2 is 1.26 bits per heavy atom. The van der Waals surface area contributed by atoms with E-state index in [-0.39, 0.29) is 53.7 Å². The molecule has 3 rings (SSSR count). The zero-order valence-electron chi connectivity index (χ0n) is 22.6. The summed E-state index contributed by atoms with van der Waals surface area (Å²) in [7, 11) is 2.82. The first kappa shape index (κ1) is 30.7. The lowest BCUT2D eigenvalue weighted by molar-refractivity contribution is -0.384. The van der Waals surface area contributed by atoms with Gasteiger partial charge in [-0.3, -0.25) is 29.8 Å². The van der Waals surface area contributed by atoms with Gasteiger partial charge >= 0.3 is 0 Å². The Balaban J connectivity index is 1.77. The number of rotatable bonds is 15. The maximum Gasteiger partial charge on any atom is 0.296 e. The van der Waals surface area contributed by atoms with E-state index >= 15 is 0 Å². The van der Waals surface area contributed by atoms with Crippen LogP contribution in [0.1, 0.15) is 26.3 Å². The third-order valence-corrected chi connectivity index (χ3v) is 5.86. The van der Waals surface area contributed by atoms with Crippen molar-refractivity contribution in [3.05, 3.63) is 97.6 Å². The number of amides is 2. The fourth-order valence-electron chi connectivity index (χ4n) is 3.78. The van der Waals surface area contributed by atoms with E-state index in [1.807, 2.05) is 0 Å². The van der Waals surface area contributed by atoms with E-state index in [0.29, 0.717) is 5.75 Å². The molecular formula is C27H28N6O9. The summed E-state index contributed by atoms with van der Waals surface area (Å²) in [5.74, 6) is -0.981. The van der Waals surface area contributed by atoms with Gasteiger partial charge in [-0.1, -0.05) is 24.3 Å². The number of nitro groups is 2. The summed E-state index contributed by atoms with van der Waals surface area (Å²) in [5.41, 5.74) is 10.4. The molecule has 0 unspecified atom stereocenters. The molecule has 0 aliphatic carbocycles. The minimum absolute atomic E-state index is 0.0236. The number of carbonyl (C=O) groups excluding carboxylic acids is 2. The number of nitrogens with zero attached hydrogens (tertiary/aromatic N) is 2. The van der Waals surface area contributed by atoms with Crippen LogP contribution in [0.5, 0.6) is 17.2 Å². The number of nitrogens with two attached hydrogens (primary N) is 2. The van der Waals surface area contributed by atoms with Crippen molar-refractivity contribution in [2.24, 2.45) is 11.5 Å². The fraction of sp³-hybridized carbons (Fsp3) is 0.185. The zero-order valence-corrected chi connectivity index (χ0v) is 22.6. The molecule has 0 aliphatic heterocycles. The number of benzene rings is 3. The van der Waals surface area contributed by atoms with E-state index in [2.05, 4.69) is 10.6 Å². The van der Waals surface area contributed by atoms with Crippen molar-refractivity contribution in [2.45, 2.75) is 6.61 Å². The van der Waals surface area contributed by atoms with Crippen LogP contribution in [0.2, 0.25) is 0 Å². The normalized spacial score (nSPS) is 10.6. The second kappa shape index (κ2) is 14.0. The second-order valence-electron chi connectivity index (χ2n) is 8.55. The first-order valence-electron chi connectivity index (χ1n) is 12.2. The lowest BCUT2D eigenvalue weighted by atomic mass is 10.1. The summed E-state index contributed by atoms with van der Waals surface area (Å²) < 4.78 is 16.1.